The van der Waals surface area contributed by atoms with Crippen LogP contribution in [0.25, 0.3) is 0 Å². The lowest BCUT2D eigenvalue weighted by molar-refractivity contribution is 0.555. The van der Waals surface area contributed by atoms with Gasteiger partial charge in [-0.1, -0.05) is 179 Å². The summed E-state index contributed by atoms with van der Waals surface area (Å²) in [6, 6.07) is 47.1. The van der Waals surface area contributed by atoms with Crippen LogP contribution in [-0.2, 0) is 0 Å². The largest absolute Gasteiger partial charge is 0.0622 e. The van der Waals surface area contributed by atoms with Crippen molar-refractivity contribution >= 4 is 51.0 Å². The monoisotopic (exact) mass is 614 g/mol. The SMILES string of the molecule is c1ccc(P2CCCCCCCCCCCCCP(c3ccccc3)P(c3ccccc3)P2c2ccccc2)cc1. The molecule has 4 aromatic rings. The van der Waals surface area contributed by atoms with Crippen LogP contribution in [0.1, 0.15) is 70.6 Å². The minimum Gasteiger partial charge on any atom is -0.0622 e. The lowest BCUT2D eigenvalue weighted by Gasteiger charge is -2.40. The van der Waals surface area contributed by atoms with E-state index in [1.807, 2.05) is 0 Å². The Morgan fingerprint density at radius 3 is 0.805 bits per heavy atom. The highest BCUT2D eigenvalue weighted by atomic mass is 32.7. The fraction of sp³-hybridized carbons (Fsp3) is 0.351. The molecule has 0 aromatic heterocycles. The van der Waals surface area contributed by atoms with Gasteiger partial charge in [0, 0.05) is 0 Å². The van der Waals surface area contributed by atoms with Gasteiger partial charge in [0.05, 0.1) is 0 Å². The van der Waals surface area contributed by atoms with Gasteiger partial charge in [-0.2, -0.15) is 0 Å². The summed E-state index contributed by atoms with van der Waals surface area (Å²) in [5.41, 5.74) is 0. The van der Waals surface area contributed by atoms with Crippen LogP contribution >= 0.6 is 29.8 Å². The van der Waals surface area contributed by atoms with Crippen LogP contribution in [-0.4, -0.2) is 12.3 Å². The van der Waals surface area contributed by atoms with Crippen molar-refractivity contribution in [1.82, 2.24) is 0 Å². The Kier molecular flexibility index (Phi) is 13.4. The molecule has 5 rings (SSSR count). The van der Waals surface area contributed by atoms with Gasteiger partial charge < -0.3 is 0 Å². The van der Waals surface area contributed by atoms with E-state index in [2.05, 4.69) is 121 Å². The second-order valence-corrected chi connectivity index (χ2v) is 26.4. The molecule has 41 heavy (non-hydrogen) atoms. The van der Waals surface area contributed by atoms with E-state index in [0.717, 1.165) is 0 Å². The molecule has 0 amide bonds. The summed E-state index contributed by atoms with van der Waals surface area (Å²) in [6.45, 7) is 0. The van der Waals surface area contributed by atoms with E-state index in [1.54, 1.807) is 21.2 Å². The third kappa shape index (κ3) is 9.29. The summed E-state index contributed by atoms with van der Waals surface area (Å²) in [7, 11) is -1.36. The van der Waals surface area contributed by atoms with Gasteiger partial charge in [0.2, 0.25) is 0 Å². The van der Waals surface area contributed by atoms with Gasteiger partial charge in [-0.15, -0.1) is 0 Å². The Morgan fingerprint density at radius 2 is 0.512 bits per heavy atom. The van der Waals surface area contributed by atoms with Crippen LogP contribution in [0.2, 0.25) is 0 Å². The molecule has 4 unspecified atom stereocenters. The average Bonchev–Trinajstić information content (AvgIpc) is 3.04. The standard InChI is InChI=1S/C37H46P4/c1-2-4-6-8-22-32-38(34-24-14-10-15-25-34)40(36-28-18-12-19-29-36)41(37-30-20-13-21-31-37)39(33-23-9-7-5-3-1)35-26-16-11-17-27-35/h10-21,24-31H,1-9,22-23,32-33H2. The molecule has 1 fully saturated rings. The van der Waals surface area contributed by atoms with Gasteiger partial charge in [0.25, 0.3) is 0 Å². The molecular formula is C37H46P4. The Morgan fingerprint density at radius 1 is 0.268 bits per heavy atom. The van der Waals surface area contributed by atoms with E-state index in [9.17, 15) is 0 Å². The van der Waals surface area contributed by atoms with E-state index in [4.69, 9.17) is 0 Å². The van der Waals surface area contributed by atoms with Crippen molar-refractivity contribution in [2.45, 2.75) is 70.6 Å². The average molecular weight is 615 g/mol. The summed E-state index contributed by atoms with van der Waals surface area (Å²) in [5.74, 6) is 0. The molecule has 0 aliphatic carbocycles. The Balaban J connectivity index is 1.65. The summed E-state index contributed by atoms with van der Waals surface area (Å²) in [5, 5.41) is 6.52. The van der Waals surface area contributed by atoms with E-state index < -0.39 is 0 Å². The van der Waals surface area contributed by atoms with Gasteiger partial charge in [-0.25, -0.2) is 0 Å². The first kappa shape index (κ1) is 31.0. The molecule has 214 valence electrons. The number of rotatable bonds is 4. The van der Waals surface area contributed by atoms with Crippen LogP contribution in [0, 0.1) is 0 Å². The first-order chi connectivity index (χ1) is 20.4. The molecule has 4 aromatic carbocycles. The van der Waals surface area contributed by atoms with E-state index >= 15 is 0 Å². The molecule has 4 atom stereocenters. The van der Waals surface area contributed by atoms with Gasteiger partial charge in [0.15, 0.2) is 0 Å². The van der Waals surface area contributed by atoms with Crippen molar-refractivity contribution in [3.8, 4) is 0 Å². The lowest BCUT2D eigenvalue weighted by Crippen LogP contribution is -2.14. The van der Waals surface area contributed by atoms with Crippen molar-refractivity contribution in [3.63, 3.8) is 0 Å². The van der Waals surface area contributed by atoms with E-state index in [0.29, 0.717) is 0 Å². The van der Waals surface area contributed by atoms with Crippen LogP contribution in [0.15, 0.2) is 121 Å². The predicted molar refractivity (Wildman–Crippen MR) is 193 cm³/mol. The van der Waals surface area contributed by atoms with Crippen molar-refractivity contribution in [2.75, 3.05) is 12.3 Å². The van der Waals surface area contributed by atoms with Crippen molar-refractivity contribution in [3.05, 3.63) is 121 Å². The van der Waals surface area contributed by atoms with E-state index in [-0.39, 0.29) is 29.8 Å². The molecule has 0 saturated carbocycles. The quantitative estimate of drug-likeness (QED) is 0.201. The Bertz CT molecular complexity index is 1130. The third-order valence-corrected chi connectivity index (χ3v) is 31.6. The zero-order valence-electron chi connectivity index (χ0n) is 24.5. The van der Waals surface area contributed by atoms with Gasteiger partial charge >= 0.3 is 0 Å². The molecule has 4 heteroatoms. The van der Waals surface area contributed by atoms with E-state index in [1.165, 1.54) is 83.0 Å². The summed E-state index contributed by atoms with van der Waals surface area (Å²) in [4.78, 5) is 0. The van der Waals surface area contributed by atoms with Gasteiger partial charge in [-0.3, -0.25) is 0 Å². The smallest absolute Gasteiger partial charge is 0.0111 e. The first-order valence-electron chi connectivity index (χ1n) is 15.8. The Hall–Kier alpha value is -1.40. The summed E-state index contributed by atoms with van der Waals surface area (Å²) < 4.78 is 0. The molecular weight excluding hydrogens is 568 g/mol. The van der Waals surface area contributed by atoms with Crippen LogP contribution in [0.3, 0.4) is 0 Å². The topological polar surface area (TPSA) is 0 Å². The highest BCUT2D eigenvalue weighted by Crippen LogP contribution is 2.94. The first-order valence-corrected chi connectivity index (χ1v) is 23.6. The summed E-state index contributed by atoms with van der Waals surface area (Å²) in [6.07, 6.45) is 18.2. The number of benzene rings is 4. The maximum absolute atomic E-state index is 2.49. The Labute approximate surface area is 254 Å². The van der Waals surface area contributed by atoms with Crippen molar-refractivity contribution < 1.29 is 0 Å². The van der Waals surface area contributed by atoms with Gasteiger partial charge in [0.1, 0.15) is 0 Å². The maximum Gasteiger partial charge on any atom is -0.0111 e. The molecule has 0 bridgehead atoms. The van der Waals surface area contributed by atoms with Crippen molar-refractivity contribution in [2.24, 2.45) is 0 Å². The highest BCUT2D eigenvalue weighted by Gasteiger charge is 2.37. The predicted octanol–water partition coefficient (Wildman–Crippen LogP) is 11.3. The second-order valence-electron chi connectivity index (χ2n) is 11.1. The zero-order chi connectivity index (χ0) is 28.0. The van der Waals surface area contributed by atoms with Crippen LogP contribution < -0.4 is 21.2 Å². The molecule has 0 nitrogen and oxygen atoms in total. The fourth-order valence-corrected chi connectivity index (χ4v) is 35.6. The summed E-state index contributed by atoms with van der Waals surface area (Å²) >= 11 is 0. The van der Waals surface area contributed by atoms with Crippen LogP contribution in [0.5, 0.6) is 0 Å². The minimum atomic E-state index is -0.376. The normalized spacial score (nSPS) is 23.8. The van der Waals surface area contributed by atoms with Crippen molar-refractivity contribution in [1.29, 1.82) is 0 Å². The van der Waals surface area contributed by atoms with Gasteiger partial charge in [-0.05, 0) is 76.2 Å². The molecule has 0 spiro atoms. The molecule has 1 heterocycles. The van der Waals surface area contributed by atoms with Crippen LogP contribution in [0.4, 0.5) is 0 Å². The maximum atomic E-state index is 2.49. The lowest BCUT2D eigenvalue weighted by atomic mass is 10.1. The molecule has 1 saturated heterocycles. The minimum absolute atomic E-state index is 0.302. The number of hydrogen-bond donors (Lipinski definition) is 0. The molecule has 0 radical (unpaired) electrons. The fourth-order valence-electron chi connectivity index (χ4n) is 5.81. The second kappa shape index (κ2) is 17.7. The molecule has 1 aliphatic rings. The zero-order valence-corrected chi connectivity index (χ0v) is 28.1. The molecule has 1 aliphatic heterocycles. The highest BCUT2D eigenvalue weighted by molar-refractivity contribution is 8.81. The molecule has 0 N–H and O–H groups in total. The third-order valence-electron chi connectivity index (χ3n) is 7.96. The number of hydrogen-bond acceptors (Lipinski definition) is 0.